The van der Waals surface area contributed by atoms with E-state index < -0.39 is 23.1 Å². The van der Waals surface area contributed by atoms with Crippen molar-refractivity contribution in [1.82, 2.24) is 24.1 Å². The Kier molecular flexibility index (Phi) is 10.4. The number of amides is 2. The van der Waals surface area contributed by atoms with Gasteiger partial charge in [-0.15, -0.1) is 5.10 Å². The maximum absolute atomic E-state index is 14.4. The number of methoxy groups -OCH3 is 2. The molecular formula is C34H45FN6O8. The van der Waals surface area contributed by atoms with Crippen LogP contribution in [0.25, 0.3) is 10.9 Å². The third kappa shape index (κ3) is 7.30. The molecule has 2 aliphatic heterocycles. The molecule has 14 nitrogen and oxygen atoms in total. The number of carbonyl (C=O) groups is 3. The van der Waals surface area contributed by atoms with Gasteiger partial charge in [-0.2, -0.15) is 0 Å². The number of halogens is 1. The maximum Gasteiger partial charge on any atom is 0.410 e. The van der Waals surface area contributed by atoms with Crippen LogP contribution in [-0.4, -0.2) is 108 Å². The van der Waals surface area contributed by atoms with Gasteiger partial charge in [0.2, 0.25) is 0 Å². The number of hydrogen-bond acceptors (Lipinski definition) is 10. The third-order valence-electron chi connectivity index (χ3n) is 8.63. The Labute approximate surface area is 284 Å². The second kappa shape index (κ2) is 14.3. The van der Waals surface area contributed by atoms with Gasteiger partial charge in [0, 0.05) is 63.4 Å². The summed E-state index contributed by atoms with van der Waals surface area (Å²) in [6.45, 7) is 11.8. The molecule has 266 valence electrons. The molecule has 0 unspecified atom stereocenters. The Morgan fingerprint density at radius 3 is 2.43 bits per heavy atom. The Morgan fingerprint density at radius 2 is 1.80 bits per heavy atom. The number of aromatic nitrogens is 3. The number of nitrogens with zero attached hydrogens (tertiary/aromatic N) is 6. The topological polar surface area (TPSA) is 138 Å². The first kappa shape index (κ1) is 35.5. The predicted octanol–water partition coefficient (Wildman–Crippen LogP) is 3.82. The summed E-state index contributed by atoms with van der Waals surface area (Å²) in [6, 6.07) is 3.83. The highest BCUT2D eigenvalue weighted by atomic mass is 19.1. The Balaban J connectivity index is 1.59. The highest BCUT2D eigenvalue weighted by Gasteiger charge is 2.39. The van der Waals surface area contributed by atoms with Crippen LogP contribution in [0, 0.1) is 5.82 Å². The van der Waals surface area contributed by atoms with Crippen molar-refractivity contribution in [3.8, 4) is 11.5 Å². The van der Waals surface area contributed by atoms with Crippen molar-refractivity contribution in [2.75, 3.05) is 65.0 Å². The van der Waals surface area contributed by atoms with E-state index in [9.17, 15) is 23.6 Å². The minimum Gasteiger partial charge on any atom is -0.493 e. The normalized spacial score (nSPS) is 16.5. The van der Waals surface area contributed by atoms with Crippen LogP contribution in [0.1, 0.15) is 69.6 Å². The molecule has 2 aromatic heterocycles. The largest absolute Gasteiger partial charge is 0.493 e. The first-order valence-electron chi connectivity index (χ1n) is 16.5. The number of hydrogen-bond donors (Lipinski definition) is 0. The lowest BCUT2D eigenvalue weighted by Gasteiger charge is -2.37. The van der Waals surface area contributed by atoms with Gasteiger partial charge in [-0.3, -0.25) is 14.4 Å². The molecule has 3 aromatic rings. The zero-order valence-electron chi connectivity index (χ0n) is 29.2. The average molecular weight is 685 g/mol. The molecule has 0 aliphatic carbocycles. The molecular weight excluding hydrogens is 639 g/mol. The first-order chi connectivity index (χ1) is 23.3. The minimum atomic E-state index is -0.641. The molecule has 2 amide bonds. The number of esters is 1. The van der Waals surface area contributed by atoms with Crippen LogP contribution in [0.4, 0.5) is 15.0 Å². The number of rotatable bonds is 10. The van der Waals surface area contributed by atoms with Gasteiger partial charge >= 0.3 is 12.1 Å². The number of likely N-dealkylation sites (N-methyl/N-ethyl adjacent to an activating group) is 1. The molecule has 2 aliphatic rings. The summed E-state index contributed by atoms with van der Waals surface area (Å²) >= 11 is 0. The van der Waals surface area contributed by atoms with E-state index >= 15 is 0 Å². The van der Waals surface area contributed by atoms with E-state index in [0.29, 0.717) is 62.6 Å². The number of carbonyl (C=O) groups excluding carboxylic acids is 3. The highest BCUT2D eigenvalue weighted by Crippen LogP contribution is 2.41. The number of fused-ring (bicyclic) bond motifs is 3. The third-order valence-corrected chi connectivity index (χ3v) is 8.63. The second-order valence-electron chi connectivity index (χ2n) is 13.2. The molecule has 0 N–H and O–H groups in total. The van der Waals surface area contributed by atoms with Crippen molar-refractivity contribution in [3.05, 3.63) is 45.6 Å². The zero-order chi connectivity index (χ0) is 35.6. The highest BCUT2D eigenvalue weighted by molar-refractivity contribution is 6.07. The molecule has 1 saturated heterocycles. The molecule has 15 heteroatoms. The standard InChI is InChI=1S/C34H45FN6O8/c1-8-37-19-21(2)41-27-26(29(47-7)28(41)32(37)44)31(43)40(20-22-11-12-23(35)18-24(22)48-17-9-10-25(42)46-6)36-30(27)38-13-15-39(16-14-38)33(45)49-34(3,4)5/h11-12,18,21H,8-10,13-17,19-20H2,1-7H3/t21-/m0/s1. The fourth-order valence-electron chi connectivity index (χ4n) is 6.27. The maximum atomic E-state index is 14.4. The van der Waals surface area contributed by atoms with E-state index in [0.717, 1.165) is 0 Å². The molecule has 0 radical (unpaired) electrons. The van der Waals surface area contributed by atoms with Crippen LogP contribution in [0.2, 0.25) is 0 Å². The summed E-state index contributed by atoms with van der Waals surface area (Å²) in [5.74, 6) is -0.335. The number of piperazine rings is 1. The van der Waals surface area contributed by atoms with E-state index in [-0.39, 0.29) is 60.1 Å². The van der Waals surface area contributed by atoms with Crippen LogP contribution in [0.5, 0.6) is 11.5 Å². The number of benzene rings is 1. The summed E-state index contributed by atoms with van der Waals surface area (Å²) in [7, 11) is 2.74. The average Bonchev–Trinajstić information content (AvgIpc) is 3.42. The number of anilines is 1. The summed E-state index contributed by atoms with van der Waals surface area (Å²) in [4.78, 5) is 57.9. The Bertz CT molecular complexity index is 1790. The van der Waals surface area contributed by atoms with E-state index in [1.807, 2.05) is 44.1 Å². The van der Waals surface area contributed by atoms with Gasteiger partial charge in [0.05, 0.1) is 27.4 Å². The summed E-state index contributed by atoms with van der Waals surface area (Å²) in [6.07, 6.45) is 0.0711. The zero-order valence-corrected chi connectivity index (χ0v) is 29.2. The van der Waals surface area contributed by atoms with Gasteiger partial charge in [0.15, 0.2) is 17.3 Å². The van der Waals surface area contributed by atoms with Crippen molar-refractivity contribution in [3.63, 3.8) is 0 Å². The van der Waals surface area contributed by atoms with Gasteiger partial charge in [0.1, 0.15) is 28.1 Å². The molecule has 1 atom stereocenters. The van der Waals surface area contributed by atoms with Gasteiger partial charge in [-0.25, -0.2) is 13.9 Å². The Morgan fingerprint density at radius 1 is 1.08 bits per heavy atom. The minimum absolute atomic E-state index is 0.0828. The molecule has 0 saturated carbocycles. The molecule has 49 heavy (non-hydrogen) atoms. The first-order valence-corrected chi connectivity index (χ1v) is 16.5. The van der Waals surface area contributed by atoms with E-state index in [1.54, 1.807) is 9.80 Å². The number of ether oxygens (including phenoxy) is 4. The lowest BCUT2D eigenvalue weighted by Crippen LogP contribution is -2.50. The second-order valence-corrected chi connectivity index (χ2v) is 13.2. The monoisotopic (exact) mass is 684 g/mol. The fraction of sp³-hybridized carbons (Fsp3) is 0.559. The molecule has 0 spiro atoms. The SMILES string of the molecule is CCN1C[C@H](C)n2c(c(OC)c3c(=O)n(Cc4ccc(F)cc4OCCCC(=O)OC)nc(N4CCN(C(=O)OC(C)(C)C)CC4)c32)C1=O. The molecule has 5 rings (SSSR count). The van der Waals surface area contributed by atoms with Crippen molar-refractivity contribution in [1.29, 1.82) is 0 Å². The van der Waals surface area contributed by atoms with Crippen LogP contribution in [0.15, 0.2) is 23.0 Å². The van der Waals surface area contributed by atoms with E-state index in [1.165, 1.54) is 37.1 Å². The smallest absolute Gasteiger partial charge is 0.410 e. The molecule has 1 fully saturated rings. The van der Waals surface area contributed by atoms with Crippen molar-refractivity contribution >= 4 is 34.7 Å². The summed E-state index contributed by atoms with van der Waals surface area (Å²) in [5, 5.41) is 5.09. The van der Waals surface area contributed by atoms with Gasteiger partial charge in [0.25, 0.3) is 11.5 Å². The quantitative estimate of drug-likeness (QED) is 0.229. The lowest BCUT2D eigenvalue weighted by atomic mass is 10.2. The Hall–Kier alpha value is -4.82. The van der Waals surface area contributed by atoms with E-state index in [2.05, 4.69) is 4.74 Å². The molecule has 0 bridgehead atoms. The van der Waals surface area contributed by atoms with Crippen molar-refractivity contribution < 1.29 is 37.7 Å². The van der Waals surface area contributed by atoms with E-state index in [4.69, 9.17) is 19.3 Å². The van der Waals surface area contributed by atoms with Gasteiger partial charge < -0.3 is 38.2 Å². The lowest BCUT2D eigenvalue weighted by molar-refractivity contribution is -0.140. The molecule has 1 aromatic carbocycles. The fourth-order valence-corrected chi connectivity index (χ4v) is 6.27. The predicted molar refractivity (Wildman–Crippen MR) is 179 cm³/mol. The molecule has 4 heterocycles. The van der Waals surface area contributed by atoms with Crippen LogP contribution < -0.4 is 19.9 Å². The summed E-state index contributed by atoms with van der Waals surface area (Å²) in [5.41, 5.74) is 0.111. The van der Waals surface area contributed by atoms with Crippen LogP contribution in [-0.2, 0) is 20.8 Å². The summed E-state index contributed by atoms with van der Waals surface area (Å²) < 4.78 is 39.5. The van der Waals surface area contributed by atoms with Crippen molar-refractivity contribution in [2.24, 2.45) is 0 Å². The van der Waals surface area contributed by atoms with Crippen LogP contribution >= 0.6 is 0 Å². The van der Waals surface area contributed by atoms with Crippen LogP contribution in [0.3, 0.4) is 0 Å². The van der Waals surface area contributed by atoms with Gasteiger partial charge in [-0.1, -0.05) is 6.07 Å². The van der Waals surface area contributed by atoms with Gasteiger partial charge in [-0.05, 0) is 47.1 Å². The van der Waals surface area contributed by atoms with Crippen molar-refractivity contribution in [2.45, 2.75) is 65.6 Å².